The van der Waals surface area contributed by atoms with Crippen LogP contribution in [0.2, 0.25) is 0 Å². The van der Waals surface area contributed by atoms with Crippen LogP contribution in [0.5, 0.6) is 0 Å². The van der Waals surface area contributed by atoms with Crippen LogP contribution in [0.25, 0.3) is 0 Å². The minimum absolute atomic E-state index is 0.0501. The van der Waals surface area contributed by atoms with Gasteiger partial charge in [-0.25, -0.2) is 4.79 Å². The van der Waals surface area contributed by atoms with Crippen LogP contribution in [0.3, 0.4) is 0 Å². The van der Waals surface area contributed by atoms with Crippen molar-refractivity contribution in [2.24, 2.45) is 0 Å². The Hall–Kier alpha value is -2.06. The van der Waals surface area contributed by atoms with Crippen molar-refractivity contribution < 1.29 is 23.6 Å². The van der Waals surface area contributed by atoms with Crippen molar-refractivity contribution in [3.05, 3.63) is 29.3 Å². The Morgan fingerprint density at radius 3 is 2.25 bits per heavy atom. The Bertz CT molecular complexity index is 899. The van der Waals surface area contributed by atoms with Gasteiger partial charge in [0.05, 0.1) is 11.2 Å². The molecule has 0 radical (unpaired) electrons. The number of nitrogens with zero attached hydrogens (tertiary/aromatic N) is 2. The zero-order chi connectivity index (χ0) is 23.5. The number of hydrogen-bond acceptors (Lipinski definition) is 5. The molecule has 32 heavy (non-hydrogen) atoms. The molecule has 2 fully saturated rings. The first-order valence-corrected chi connectivity index (χ1v) is 11.6. The summed E-state index contributed by atoms with van der Waals surface area (Å²) < 4.78 is 18.0. The van der Waals surface area contributed by atoms with E-state index in [4.69, 9.17) is 14.0 Å². The normalized spacial score (nSPS) is 23.0. The summed E-state index contributed by atoms with van der Waals surface area (Å²) in [7, 11) is -0.489. The average molecular weight is 442 g/mol. The Balaban J connectivity index is 1.46. The first-order valence-electron chi connectivity index (χ1n) is 11.6. The predicted octanol–water partition coefficient (Wildman–Crippen LogP) is 3.34. The van der Waals surface area contributed by atoms with Crippen molar-refractivity contribution in [1.82, 2.24) is 9.80 Å². The number of benzene rings is 1. The number of rotatable bonds is 2. The van der Waals surface area contributed by atoms with Gasteiger partial charge < -0.3 is 23.8 Å². The molecule has 174 valence electrons. The van der Waals surface area contributed by atoms with Crippen LogP contribution in [-0.2, 0) is 20.6 Å². The summed E-state index contributed by atoms with van der Waals surface area (Å²) >= 11 is 0. The second-order valence-corrected chi connectivity index (χ2v) is 11.1. The molecule has 1 aromatic carbocycles. The summed E-state index contributed by atoms with van der Waals surface area (Å²) in [4.78, 5) is 29.3. The van der Waals surface area contributed by atoms with Crippen molar-refractivity contribution in [3.63, 3.8) is 0 Å². The van der Waals surface area contributed by atoms with Crippen LogP contribution >= 0.6 is 0 Å². The van der Waals surface area contributed by atoms with E-state index >= 15 is 0 Å². The summed E-state index contributed by atoms with van der Waals surface area (Å²) in [6.45, 7) is 15.5. The van der Waals surface area contributed by atoms with Gasteiger partial charge in [0.25, 0.3) is 5.91 Å². The predicted molar refractivity (Wildman–Crippen MR) is 123 cm³/mol. The average Bonchev–Trinajstić information content (AvgIpc) is 3.13. The number of hydrogen-bond donors (Lipinski definition) is 0. The van der Waals surface area contributed by atoms with Crippen LogP contribution in [-0.4, -0.2) is 64.9 Å². The van der Waals surface area contributed by atoms with Crippen LogP contribution in [0.4, 0.5) is 4.79 Å². The maximum Gasteiger partial charge on any atom is 0.495 e. The molecule has 0 atom stereocenters. The second-order valence-electron chi connectivity index (χ2n) is 11.1. The van der Waals surface area contributed by atoms with E-state index in [2.05, 4.69) is 0 Å². The lowest BCUT2D eigenvalue weighted by Crippen LogP contribution is -2.48. The van der Waals surface area contributed by atoms with E-state index in [9.17, 15) is 9.59 Å². The maximum absolute atomic E-state index is 13.3. The highest BCUT2D eigenvalue weighted by molar-refractivity contribution is 6.62. The minimum Gasteiger partial charge on any atom is -0.444 e. The molecule has 0 saturated carbocycles. The molecule has 0 aliphatic carbocycles. The fourth-order valence-corrected chi connectivity index (χ4v) is 4.55. The lowest BCUT2D eigenvalue weighted by Gasteiger charge is -2.37. The van der Waals surface area contributed by atoms with Crippen molar-refractivity contribution >= 4 is 24.6 Å². The molecule has 0 unspecified atom stereocenters. The fourth-order valence-electron chi connectivity index (χ4n) is 4.55. The molecule has 3 aliphatic heterocycles. The number of ether oxygens (including phenoxy) is 1. The lowest BCUT2D eigenvalue weighted by molar-refractivity contribution is 0.00578. The van der Waals surface area contributed by atoms with E-state index in [-0.39, 0.29) is 18.0 Å². The van der Waals surface area contributed by atoms with Gasteiger partial charge in [0.1, 0.15) is 5.60 Å². The molecule has 1 aromatic rings. The van der Waals surface area contributed by atoms with Crippen LogP contribution in [0.15, 0.2) is 18.2 Å². The molecule has 7 nitrogen and oxygen atoms in total. The third-order valence-electron chi connectivity index (χ3n) is 7.10. The molecule has 0 spiro atoms. The van der Waals surface area contributed by atoms with Gasteiger partial charge >= 0.3 is 13.2 Å². The Morgan fingerprint density at radius 2 is 1.69 bits per heavy atom. The fraction of sp³-hybridized carbons (Fsp3) is 0.667. The molecule has 4 rings (SSSR count). The number of amides is 2. The zero-order valence-corrected chi connectivity index (χ0v) is 20.4. The summed E-state index contributed by atoms with van der Waals surface area (Å²) in [6.07, 6.45) is 1.20. The number of piperidine rings is 1. The molecule has 0 aromatic heterocycles. The molecule has 2 amide bonds. The summed E-state index contributed by atoms with van der Waals surface area (Å²) in [6, 6.07) is 5.90. The summed E-state index contributed by atoms with van der Waals surface area (Å²) in [5.41, 5.74) is 1.28. The summed E-state index contributed by atoms with van der Waals surface area (Å²) in [5, 5.41) is 0. The van der Waals surface area contributed by atoms with E-state index < -0.39 is 23.9 Å². The topological polar surface area (TPSA) is 68.3 Å². The number of carbonyl (C=O) groups excluding carboxylic acids is 2. The van der Waals surface area contributed by atoms with Gasteiger partial charge in [-0.05, 0) is 78.4 Å². The van der Waals surface area contributed by atoms with E-state index in [1.165, 1.54) is 0 Å². The molecular formula is C24H35BN2O5. The number of likely N-dealkylation sites (tertiary alicyclic amines) is 1. The second kappa shape index (κ2) is 7.77. The lowest BCUT2D eigenvalue weighted by atomic mass is 9.75. The van der Waals surface area contributed by atoms with E-state index in [0.717, 1.165) is 29.4 Å². The van der Waals surface area contributed by atoms with Gasteiger partial charge in [-0.3, -0.25) is 4.79 Å². The monoisotopic (exact) mass is 442 g/mol. The molecular weight excluding hydrogens is 407 g/mol. The van der Waals surface area contributed by atoms with Gasteiger partial charge in [0.2, 0.25) is 0 Å². The molecule has 3 aliphatic rings. The molecule has 0 N–H and O–H groups in total. The Kier molecular flexibility index (Phi) is 5.61. The van der Waals surface area contributed by atoms with Gasteiger partial charge in [0.15, 0.2) is 0 Å². The van der Waals surface area contributed by atoms with Crippen LogP contribution < -0.4 is 5.46 Å². The quantitative estimate of drug-likeness (QED) is 0.658. The van der Waals surface area contributed by atoms with Crippen LogP contribution in [0, 0.1) is 0 Å². The SMILES string of the molecule is CC(C)(C)OC(=O)N1CCC(N2Cc3c(B4OC(C)(C)C(C)(C)O4)cccc3C2=O)CC1. The first kappa shape index (κ1) is 23.1. The zero-order valence-electron chi connectivity index (χ0n) is 20.4. The third-order valence-corrected chi connectivity index (χ3v) is 7.10. The minimum atomic E-state index is -0.510. The molecule has 8 heteroatoms. The van der Waals surface area contributed by atoms with Crippen molar-refractivity contribution in [2.75, 3.05) is 13.1 Å². The Morgan fingerprint density at radius 1 is 1.09 bits per heavy atom. The van der Waals surface area contributed by atoms with Gasteiger partial charge in [-0.1, -0.05) is 12.1 Å². The molecule has 3 heterocycles. The highest BCUT2D eigenvalue weighted by atomic mass is 16.7. The molecule has 2 saturated heterocycles. The van der Waals surface area contributed by atoms with E-state index in [0.29, 0.717) is 19.6 Å². The first-order chi connectivity index (χ1) is 14.8. The van der Waals surface area contributed by atoms with Gasteiger partial charge in [0, 0.05) is 31.2 Å². The standard InChI is InChI=1S/C24H35BN2O5/c1-22(2,3)30-21(29)26-13-11-16(12-14-26)27-15-18-17(20(27)28)9-8-10-19(18)25-31-23(4,5)24(6,7)32-25/h8-10,16H,11-15H2,1-7H3. The number of fused-ring (bicyclic) bond motifs is 1. The highest BCUT2D eigenvalue weighted by Gasteiger charge is 2.53. The van der Waals surface area contributed by atoms with Crippen molar-refractivity contribution in [3.8, 4) is 0 Å². The van der Waals surface area contributed by atoms with Gasteiger partial charge in [-0.2, -0.15) is 0 Å². The largest absolute Gasteiger partial charge is 0.495 e. The van der Waals surface area contributed by atoms with E-state index in [1.54, 1.807) is 4.90 Å². The maximum atomic E-state index is 13.3. The van der Waals surface area contributed by atoms with Gasteiger partial charge in [-0.15, -0.1) is 0 Å². The summed E-state index contributed by atoms with van der Waals surface area (Å²) in [5.74, 6) is 0.0501. The van der Waals surface area contributed by atoms with E-state index in [1.807, 2.05) is 71.6 Å². The Labute approximate surface area is 191 Å². The smallest absolute Gasteiger partial charge is 0.444 e. The van der Waals surface area contributed by atoms with Crippen LogP contribution in [0.1, 0.15) is 77.2 Å². The third kappa shape index (κ3) is 4.15. The highest BCUT2D eigenvalue weighted by Crippen LogP contribution is 2.37. The molecule has 0 bridgehead atoms. The van der Waals surface area contributed by atoms with Crippen molar-refractivity contribution in [2.45, 2.75) is 90.7 Å². The number of carbonyl (C=O) groups is 2. The van der Waals surface area contributed by atoms with Crippen molar-refractivity contribution in [1.29, 1.82) is 0 Å².